The Morgan fingerprint density at radius 1 is 1.04 bits per heavy atom. The molecule has 2 heterocycles. The van der Waals surface area contributed by atoms with Gasteiger partial charge in [0, 0.05) is 14.1 Å². The van der Waals surface area contributed by atoms with Crippen LogP contribution in [0.4, 0.5) is 0 Å². The van der Waals surface area contributed by atoms with E-state index in [1.807, 2.05) is 0 Å². The van der Waals surface area contributed by atoms with Crippen molar-refractivity contribution in [1.82, 2.24) is 19.6 Å². The fourth-order valence-electron chi connectivity index (χ4n) is 1.43. The van der Waals surface area contributed by atoms with Crippen LogP contribution in [0.5, 0.6) is 0 Å². The van der Waals surface area contributed by atoms with Crippen LogP contribution in [0, 0.1) is 0 Å². The van der Waals surface area contributed by atoms with Gasteiger partial charge in [-0.05, 0) is 12.1 Å². The number of carbonyl (C=O) groups is 1. The van der Waals surface area contributed by atoms with E-state index in [4.69, 9.17) is 28.4 Å². The Labute approximate surface area is 139 Å². The molecule has 0 amide bonds. The standard InChI is InChI=1S/C6H6ClN3O2.C6H5ClN2O2/c1-10-6(11)4(3-8-12)2-5(7)9-10;1-9-6(11)4(3-10)2-5(7)8-9/h2-3,12H,1H3;2-3H,1H3/b8-3+;. The lowest BCUT2D eigenvalue weighted by molar-refractivity contribution is 0.112. The van der Waals surface area contributed by atoms with Gasteiger partial charge in [-0.25, -0.2) is 9.36 Å². The molecule has 0 saturated carbocycles. The zero-order valence-corrected chi connectivity index (χ0v) is 13.5. The number of hydrogen-bond acceptors (Lipinski definition) is 7. The van der Waals surface area contributed by atoms with Gasteiger partial charge in [-0.15, -0.1) is 0 Å². The predicted octanol–water partition coefficient (Wildman–Crippen LogP) is 0.488. The summed E-state index contributed by atoms with van der Waals surface area (Å²) in [6.07, 6.45) is 1.46. The maximum atomic E-state index is 11.2. The SMILES string of the molecule is Cn1nc(Cl)cc(/C=N/O)c1=O.Cn1nc(Cl)cc(C=O)c1=O. The molecule has 2 rings (SSSR count). The fraction of sp³-hybridized carbons (Fsp3) is 0.167. The summed E-state index contributed by atoms with van der Waals surface area (Å²) < 4.78 is 2.09. The van der Waals surface area contributed by atoms with Gasteiger partial charge in [0.2, 0.25) is 0 Å². The highest BCUT2D eigenvalue weighted by Crippen LogP contribution is 2.01. The summed E-state index contributed by atoms with van der Waals surface area (Å²) in [6.45, 7) is 0. The van der Waals surface area contributed by atoms with Crippen molar-refractivity contribution in [2.45, 2.75) is 0 Å². The number of aromatic nitrogens is 4. The lowest BCUT2D eigenvalue weighted by Gasteiger charge is -1.97. The lowest BCUT2D eigenvalue weighted by Crippen LogP contribution is -2.23. The van der Waals surface area contributed by atoms with E-state index in [2.05, 4.69) is 15.4 Å². The van der Waals surface area contributed by atoms with Crippen molar-refractivity contribution >= 4 is 35.7 Å². The highest BCUT2D eigenvalue weighted by Gasteiger charge is 2.02. The number of aldehydes is 1. The molecule has 0 unspecified atom stereocenters. The summed E-state index contributed by atoms with van der Waals surface area (Å²) in [5.74, 6) is 0. The van der Waals surface area contributed by atoms with Crippen molar-refractivity contribution in [3.8, 4) is 0 Å². The summed E-state index contributed by atoms with van der Waals surface area (Å²) in [4.78, 5) is 32.3. The lowest BCUT2D eigenvalue weighted by atomic mass is 10.3. The van der Waals surface area contributed by atoms with Crippen LogP contribution in [-0.2, 0) is 14.1 Å². The zero-order valence-electron chi connectivity index (χ0n) is 12.0. The molecular weight excluding hydrogens is 349 g/mol. The molecule has 0 aromatic carbocycles. The Kier molecular flexibility index (Phi) is 6.61. The summed E-state index contributed by atoms with van der Waals surface area (Å²) in [5, 5.41) is 18.4. The minimum atomic E-state index is -0.440. The van der Waals surface area contributed by atoms with Crippen LogP contribution in [0.1, 0.15) is 15.9 Å². The average Bonchev–Trinajstić information content (AvgIpc) is 2.49. The normalized spacial score (nSPS) is 10.3. The van der Waals surface area contributed by atoms with Gasteiger partial charge in [0.05, 0.1) is 17.3 Å². The third-order valence-electron chi connectivity index (χ3n) is 2.45. The summed E-state index contributed by atoms with van der Waals surface area (Å²) in [5.41, 5.74) is -0.589. The molecule has 0 radical (unpaired) electrons. The zero-order chi connectivity index (χ0) is 17.6. The summed E-state index contributed by atoms with van der Waals surface area (Å²) >= 11 is 11.0. The molecule has 0 spiro atoms. The van der Waals surface area contributed by atoms with Crippen molar-refractivity contribution in [3.63, 3.8) is 0 Å². The van der Waals surface area contributed by atoms with E-state index in [1.165, 1.54) is 26.2 Å². The topological polar surface area (TPSA) is 119 Å². The first-order chi connectivity index (χ1) is 10.8. The highest BCUT2D eigenvalue weighted by atomic mass is 35.5. The van der Waals surface area contributed by atoms with Gasteiger partial charge in [0.1, 0.15) is 0 Å². The Morgan fingerprint density at radius 2 is 1.48 bits per heavy atom. The number of carbonyl (C=O) groups excluding carboxylic acids is 1. The first-order valence-corrected chi connectivity index (χ1v) is 6.66. The van der Waals surface area contributed by atoms with Gasteiger partial charge in [-0.1, -0.05) is 28.4 Å². The van der Waals surface area contributed by atoms with Crippen molar-refractivity contribution in [1.29, 1.82) is 0 Å². The molecule has 0 aliphatic heterocycles. The predicted molar refractivity (Wildman–Crippen MR) is 83.7 cm³/mol. The van der Waals surface area contributed by atoms with Crippen molar-refractivity contribution in [2.24, 2.45) is 19.3 Å². The number of hydrogen-bond donors (Lipinski definition) is 1. The Balaban J connectivity index is 0.000000231. The molecule has 0 fully saturated rings. The van der Waals surface area contributed by atoms with Crippen molar-refractivity contribution in [3.05, 3.63) is 54.3 Å². The van der Waals surface area contributed by atoms with Crippen LogP contribution in [0.15, 0.2) is 26.9 Å². The number of rotatable bonds is 2. The van der Waals surface area contributed by atoms with Gasteiger partial charge in [-0.2, -0.15) is 10.2 Å². The number of aryl methyl sites for hydroxylation is 2. The first kappa shape index (κ1) is 18.5. The molecule has 23 heavy (non-hydrogen) atoms. The van der Waals surface area contributed by atoms with E-state index in [9.17, 15) is 14.4 Å². The minimum Gasteiger partial charge on any atom is -0.411 e. The molecule has 122 valence electrons. The molecule has 9 nitrogen and oxygen atoms in total. The van der Waals surface area contributed by atoms with Crippen LogP contribution in [0.3, 0.4) is 0 Å². The molecule has 0 saturated heterocycles. The van der Waals surface area contributed by atoms with E-state index in [0.717, 1.165) is 15.6 Å². The third kappa shape index (κ3) is 5.01. The summed E-state index contributed by atoms with van der Waals surface area (Å²) in [6, 6.07) is 2.56. The molecule has 0 bridgehead atoms. The van der Waals surface area contributed by atoms with Crippen LogP contribution in [0.2, 0.25) is 10.3 Å². The van der Waals surface area contributed by atoms with Crippen molar-refractivity contribution in [2.75, 3.05) is 0 Å². The van der Waals surface area contributed by atoms with E-state index in [-0.39, 0.29) is 27.0 Å². The van der Waals surface area contributed by atoms with E-state index in [0.29, 0.717) is 6.29 Å². The van der Waals surface area contributed by atoms with Crippen molar-refractivity contribution < 1.29 is 10.0 Å². The third-order valence-corrected chi connectivity index (χ3v) is 2.82. The Morgan fingerprint density at radius 3 is 1.91 bits per heavy atom. The second kappa shape index (κ2) is 8.20. The van der Waals surface area contributed by atoms with Gasteiger partial charge in [0.15, 0.2) is 16.6 Å². The number of halogens is 2. The quantitative estimate of drug-likeness (QED) is 0.360. The maximum Gasteiger partial charge on any atom is 0.277 e. The first-order valence-electron chi connectivity index (χ1n) is 5.90. The molecule has 1 N–H and O–H groups in total. The van der Waals surface area contributed by atoms with Crippen LogP contribution >= 0.6 is 23.2 Å². The highest BCUT2D eigenvalue weighted by molar-refractivity contribution is 6.29. The largest absolute Gasteiger partial charge is 0.411 e. The molecular formula is C12H11Cl2N5O4. The molecule has 0 aliphatic carbocycles. The molecule has 2 aromatic rings. The monoisotopic (exact) mass is 359 g/mol. The van der Waals surface area contributed by atoms with Crippen LogP contribution in [0.25, 0.3) is 0 Å². The van der Waals surface area contributed by atoms with E-state index >= 15 is 0 Å². The Bertz CT molecular complexity index is 860. The minimum absolute atomic E-state index is 0.0208. The smallest absolute Gasteiger partial charge is 0.277 e. The maximum absolute atomic E-state index is 11.2. The van der Waals surface area contributed by atoms with E-state index < -0.39 is 5.56 Å². The van der Waals surface area contributed by atoms with Gasteiger partial charge in [-0.3, -0.25) is 14.4 Å². The number of nitrogens with zero attached hydrogens (tertiary/aromatic N) is 5. The average molecular weight is 360 g/mol. The van der Waals surface area contributed by atoms with Crippen LogP contribution in [-0.4, -0.2) is 37.3 Å². The fourth-order valence-corrected chi connectivity index (χ4v) is 1.89. The molecule has 0 aliphatic rings. The molecule has 11 heteroatoms. The second-order valence-corrected chi connectivity index (χ2v) is 4.84. The summed E-state index contributed by atoms with van der Waals surface area (Å²) in [7, 11) is 2.89. The Hall–Kier alpha value is -2.52. The molecule has 0 atom stereocenters. The van der Waals surface area contributed by atoms with Gasteiger partial charge >= 0.3 is 0 Å². The van der Waals surface area contributed by atoms with Gasteiger partial charge < -0.3 is 5.21 Å². The second-order valence-electron chi connectivity index (χ2n) is 4.06. The molecule has 2 aromatic heterocycles. The van der Waals surface area contributed by atoms with E-state index in [1.54, 1.807) is 0 Å². The van der Waals surface area contributed by atoms with Gasteiger partial charge in [0.25, 0.3) is 11.1 Å². The van der Waals surface area contributed by atoms with Crippen LogP contribution < -0.4 is 11.1 Å². The number of oxime groups is 1.